The number of H-pyrrole nitrogens is 1. The van der Waals surface area contributed by atoms with Crippen LogP contribution in [-0.2, 0) is 5.41 Å². The van der Waals surface area contributed by atoms with Gasteiger partial charge in [-0.3, -0.25) is 0 Å². The highest BCUT2D eigenvalue weighted by Crippen LogP contribution is 2.30. The quantitative estimate of drug-likeness (QED) is 0.596. The van der Waals surface area contributed by atoms with Crippen LogP contribution < -0.4 is 4.74 Å². The Hall–Kier alpha value is -2.57. The van der Waals surface area contributed by atoms with Crippen LogP contribution in [0.3, 0.4) is 0 Å². The zero-order chi connectivity index (χ0) is 19.1. The third-order valence-corrected chi connectivity index (χ3v) is 3.98. The molecule has 3 rings (SSSR count). The van der Waals surface area contributed by atoms with Crippen LogP contribution in [0.4, 0.5) is 17.6 Å². The molecule has 0 saturated heterocycles. The maximum absolute atomic E-state index is 12.9. The minimum atomic E-state index is -4.52. The average molecular weight is 366 g/mol. The molecular weight excluding hydrogens is 348 g/mol. The molecule has 0 saturated carbocycles. The Bertz CT molecular complexity index is 911. The molecule has 0 bridgehead atoms. The van der Waals surface area contributed by atoms with Crippen LogP contribution in [0.2, 0.25) is 0 Å². The summed E-state index contributed by atoms with van der Waals surface area (Å²) in [7, 11) is 0. The molecule has 0 radical (unpaired) electrons. The van der Waals surface area contributed by atoms with Gasteiger partial charge in [-0.25, -0.2) is 4.98 Å². The number of benzene rings is 2. The number of nitrogens with one attached hydrogen (secondary N) is 1. The SMILES string of the molecule is CC(C)(C)c1ccc2nc(-c3ccc(OC(F)(F)C(F)F)cc3)[nH]c2c1. The first-order valence-electron chi connectivity index (χ1n) is 8.02. The fraction of sp³-hybridized carbons (Fsp3) is 0.316. The normalized spacial score (nSPS) is 12.8. The summed E-state index contributed by atoms with van der Waals surface area (Å²) in [5.74, 6) is 0.211. The van der Waals surface area contributed by atoms with Gasteiger partial charge in [0.15, 0.2) is 0 Å². The zero-order valence-electron chi connectivity index (χ0n) is 14.5. The van der Waals surface area contributed by atoms with Gasteiger partial charge in [0.1, 0.15) is 11.6 Å². The predicted octanol–water partition coefficient (Wildman–Crippen LogP) is 5.76. The zero-order valence-corrected chi connectivity index (χ0v) is 14.5. The summed E-state index contributed by atoms with van der Waals surface area (Å²) >= 11 is 0. The van der Waals surface area contributed by atoms with Crippen LogP contribution in [0.15, 0.2) is 42.5 Å². The summed E-state index contributed by atoms with van der Waals surface area (Å²) in [6, 6.07) is 11.3. The van der Waals surface area contributed by atoms with Crippen molar-refractivity contribution in [2.75, 3.05) is 0 Å². The van der Waals surface area contributed by atoms with Crippen molar-refractivity contribution in [3.63, 3.8) is 0 Å². The number of nitrogens with zero attached hydrogens (tertiary/aromatic N) is 1. The Labute approximate surface area is 148 Å². The number of halogens is 4. The largest absolute Gasteiger partial charge is 0.461 e. The van der Waals surface area contributed by atoms with E-state index in [1.807, 2.05) is 18.2 Å². The number of aromatic nitrogens is 2. The van der Waals surface area contributed by atoms with Crippen LogP contribution in [0.1, 0.15) is 26.3 Å². The topological polar surface area (TPSA) is 37.9 Å². The minimum Gasteiger partial charge on any atom is -0.428 e. The molecule has 3 nitrogen and oxygen atoms in total. The highest BCUT2D eigenvalue weighted by Gasteiger charge is 2.43. The Morgan fingerprint density at radius 3 is 2.23 bits per heavy atom. The number of hydrogen-bond donors (Lipinski definition) is 1. The molecule has 0 fully saturated rings. The van der Waals surface area contributed by atoms with Crippen molar-refractivity contribution in [3.8, 4) is 17.1 Å². The van der Waals surface area contributed by atoms with E-state index >= 15 is 0 Å². The second-order valence-corrected chi connectivity index (χ2v) is 7.06. The maximum atomic E-state index is 12.9. The lowest BCUT2D eigenvalue weighted by Gasteiger charge is -2.18. The van der Waals surface area contributed by atoms with E-state index in [1.165, 1.54) is 24.3 Å². The van der Waals surface area contributed by atoms with Crippen molar-refractivity contribution in [1.82, 2.24) is 9.97 Å². The summed E-state index contributed by atoms with van der Waals surface area (Å²) in [5, 5.41) is 0. The van der Waals surface area contributed by atoms with Crippen molar-refractivity contribution < 1.29 is 22.3 Å². The van der Waals surface area contributed by atoms with Gasteiger partial charge in [-0.05, 0) is 47.4 Å². The van der Waals surface area contributed by atoms with E-state index in [1.54, 1.807) is 0 Å². The van der Waals surface area contributed by atoms with E-state index in [4.69, 9.17) is 0 Å². The fourth-order valence-corrected chi connectivity index (χ4v) is 2.50. The van der Waals surface area contributed by atoms with Crippen molar-refractivity contribution in [2.45, 2.75) is 38.7 Å². The van der Waals surface area contributed by atoms with Gasteiger partial charge in [0.2, 0.25) is 0 Å². The van der Waals surface area contributed by atoms with Crippen molar-refractivity contribution >= 4 is 11.0 Å². The van der Waals surface area contributed by atoms with E-state index in [9.17, 15) is 17.6 Å². The first-order valence-corrected chi connectivity index (χ1v) is 8.02. The maximum Gasteiger partial charge on any atom is 0.461 e. The van der Waals surface area contributed by atoms with Gasteiger partial charge in [-0.1, -0.05) is 26.8 Å². The number of alkyl halides is 4. The van der Waals surface area contributed by atoms with Crippen molar-refractivity contribution in [3.05, 3.63) is 48.0 Å². The van der Waals surface area contributed by atoms with Gasteiger partial charge >= 0.3 is 12.5 Å². The van der Waals surface area contributed by atoms with Gasteiger partial charge in [-0.15, -0.1) is 0 Å². The Kier molecular flexibility index (Phi) is 4.42. The highest BCUT2D eigenvalue weighted by molar-refractivity contribution is 5.80. The second-order valence-electron chi connectivity index (χ2n) is 7.06. The molecule has 2 aromatic carbocycles. The molecule has 1 heterocycles. The van der Waals surface area contributed by atoms with E-state index < -0.39 is 12.5 Å². The number of aromatic amines is 1. The smallest absolute Gasteiger partial charge is 0.428 e. The standard InChI is InChI=1S/C19H18F4N2O/c1-18(2,3)12-6-9-14-15(10-12)25-16(24-14)11-4-7-13(8-5-11)26-19(22,23)17(20)21/h4-10,17H,1-3H3,(H,24,25). The summed E-state index contributed by atoms with van der Waals surface area (Å²) in [6.07, 6.45) is -8.42. The number of hydrogen-bond acceptors (Lipinski definition) is 2. The lowest BCUT2D eigenvalue weighted by molar-refractivity contribution is -0.253. The molecule has 7 heteroatoms. The van der Waals surface area contributed by atoms with Crippen LogP contribution in [0.25, 0.3) is 22.4 Å². The Morgan fingerprint density at radius 2 is 1.65 bits per heavy atom. The second kappa shape index (κ2) is 6.30. The lowest BCUT2D eigenvalue weighted by Crippen LogP contribution is -2.33. The van der Waals surface area contributed by atoms with Gasteiger partial charge in [-0.2, -0.15) is 17.6 Å². The van der Waals surface area contributed by atoms with Crippen LogP contribution in [0.5, 0.6) is 5.75 Å². The minimum absolute atomic E-state index is 0.00558. The highest BCUT2D eigenvalue weighted by atomic mass is 19.3. The number of imidazole rings is 1. The molecule has 0 unspecified atom stereocenters. The molecule has 0 atom stereocenters. The molecular formula is C19H18F4N2O. The van der Waals surface area contributed by atoms with Crippen LogP contribution in [-0.4, -0.2) is 22.5 Å². The van der Waals surface area contributed by atoms with Gasteiger partial charge in [0, 0.05) is 5.56 Å². The average Bonchev–Trinajstić information content (AvgIpc) is 2.97. The molecule has 0 spiro atoms. The fourth-order valence-electron chi connectivity index (χ4n) is 2.50. The monoisotopic (exact) mass is 366 g/mol. The Morgan fingerprint density at radius 1 is 1.00 bits per heavy atom. The number of ether oxygens (including phenoxy) is 1. The first kappa shape index (κ1) is 18.2. The van der Waals surface area contributed by atoms with E-state index in [0.29, 0.717) is 11.4 Å². The van der Waals surface area contributed by atoms with E-state index in [0.717, 1.165) is 16.6 Å². The van der Waals surface area contributed by atoms with E-state index in [-0.39, 0.29) is 11.2 Å². The van der Waals surface area contributed by atoms with Crippen molar-refractivity contribution in [2.24, 2.45) is 0 Å². The lowest BCUT2D eigenvalue weighted by atomic mass is 9.87. The van der Waals surface area contributed by atoms with Gasteiger partial charge in [0.05, 0.1) is 11.0 Å². The molecule has 1 aromatic heterocycles. The molecule has 138 valence electrons. The molecule has 26 heavy (non-hydrogen) atoms. The molecule has 0 aliphatic heterocycles. The van der Waals surface area contributed by atoms with Crippen LogP contribution >= 0.6 is 0 Å². The summed E-state index contributed by atoms with van der Waals surface area (Å²) in [5.41, 5.74) is 3.41. The van der Waals surface area contributed by atoms with E-state index in [2.05, 4.69) is 35.5 Å². The summed E-state index contributed by atoms with van der Waals surface area (Å²) in [6.45, 7) is 6.33. The third kappa shape index (κ3) is 3.66. The molecule has 1 N–H and O–H groups in total. The van der Waals surface area contributed by atoms with Crippen molar-refractivity contribution in [1.29, 1.82) is 0 Å². The summed E-state index contributed by atoms with van der Waals surface area (Å²) < 4.78 is 54.3. The molecule has 3 aromatic rings. The molecule has 0 amide bonds. The number of fused-ring (bicyclic) bond motifs is 1. The van der Waals surface area contributed by atoms with Crippen LogP contribution in [0, 0.1) is 0 Å². The number of rotatable bonds is 4. The summed E-state index contributed by atoms with van der Waals surface area (Å²) in [4.78, 5) is 7.66. The first-order chi connectivity index (χ1) is 12.1. The molecule has 0 aliphatic carbocycles. The Balaban J connectivity index is 1.87. The van der Waals surface area contributed by atoms with Gasteiger partial charge < -0.3 is 9.72 Å². The molecule has 0 aliphatic rings. The van der Waals surface area contributed by atoms with Gasteiger partial charge in [0.25, 0.3) is 0 Å². The predicted molar refractivity (Wildman–Crippen MR) is 91.8 cm³/mol. The third-order valence-electron chi connectivity index (χ3n) is 3.98.